The highest BCUT2D eigenvalue weighted by Gasteiger charge is 2.23. The zero-order valence-corrected chi connectivity index (χ0v) is 20.1. The molecule has 0 spiro atoms. The molecule has 5 rings (SSSR count). The number of carbonyl (C=O) groups is 1. The summed E-state index contributed by atoms with van der Waals surface area (Å²) in [4.78, 5) is 23.5. The summed E-state index contributed by atoms with van der Waals surface area (Å²) in [6.45, 7) is 3.97. The van der Waals surface area contributed by atoms with Crippen molar-refractivity contribution in [2.24, 2.45) is 7.05 Å². The van der Waals surface area contributed by atoms with Crippen molar-refractivity contribution in [3.05, 3.63) is 65.9 Å². The van der Waals surface area contributed by atoms with E-state index >= 15 is 0 Å². The minimum atomic E-state index is -0.194. The Morgan fingerprint density at radius 2 is 2.03 bits per heavy atom. The zero-order valence-electron chi connectivity index (χ0n) is 20.1. The number of hydrogen-bond donors (Lipinski definition) is 2. The van der Waals surface area contributed by atoms with Crippen molar-refractivity contribution in [3.63, 3.8) is 0 Å². The Kier molecular flexibility index (Phi) is 6.26. The molecule has 1 aromatic carbocycles. The predicted molar refractivity (Wildman–Crippen MR) is 132 cm³/mol. The van der Waals surface area contributed by atoms with Gasteiger partial charge >= 0.3 is 0 Å². The molecule has 4 aromatic rings. The van der Waals surface area contributed by atoms with Crippen LogP contribution in [0, 0.1) is 0 Å². The summed E-state index contributed by atoms with van der Waals surface area (Å²) >= 11 is 0. The number of nitrogens with one attached hydrogen (secondary N) is 2. The van der Waals surface area contributed by atoms with Gasteiger partial charge in [0.2, 0.25) is 5.95 Å². The van der Waals surface area contributed by atoms with Crippen LogP contribution in [-0.4, -0.2) is 40.6 Å². The second kappa shape index (κ2) is 9.65. The fourth-order valence-electron chi connectivity index (χ4n) is 4.35. The Labute approximate surface area is 203 Å². The maximum atomic E-state index is 12.9. The van der Waals surface area contributed by atoms with Crippen molar-refractivity contribution in [1.29, 1.82) is 0 Å². The zero-order chi connectivity index (χ0) is 24.4. The minimum Gasteiger partial charge on any atom is -0.344 e. The van der Waals surface area contributed by atoms with Crippen molar-refractivity contribution >= 4 is 17.5 Å². The highest BCUT2D eigenvalue weighted by atomic mass is 16.2. The molecule has 0 fully saturated rings. The van der Waals surface area contributed by atoms with E-state index in [-0.39, 0.29) is 18.0 Å². The van der Waals surface area contributed by atoms with Gasteiger partial charge in [0.05, 0.1) is 35.9 Å². The summed E-state index contributed by atoms with van der Waals surface area (Å²) in [5.41, 5.74) is 5.42. The average Bonchev–Trinajstić information content (AvgIpc) is 3.46. The van der Waals surface area contributed by atoms with Gasteiger partial charge in [0, 0.05) is 25.0 Å². The SMILES string of the molecule is CC(C)n1ncc(C(=O)N[C@@H]2CCCCc3cc(-c4ccnc(Nc5cnn(C)c5)n4)ccc32)n1. The lowest BCUT2D eigenvalue weighted by Gasteiger charge is -2.19. The van der Waals surface area contributed by atoms with Crippen molar-refractivity contribution in [1.82, 2.24) is 40.1 Å². The monoisotopic (exact) mass is 471 g/mol. The number of anilines is 2. The lowest BCUT2D eigenvalue weighted by Crippen LogP contribution is -2.29. The number of amides is 1. The van der Waals surface area contributed by atoms with Crippen LogP contribution >= 0.6 is 0 Å². The third kappa shape index (κ3) is 5.06. The van der Waals surface area contributed by atoms with Crippen molar-refractivity contribution in [3.8, 4) is 11.3 Å². The molecule has 0 bridgehead atoms. The standard InChI is InChI=1S/C25H29N9O/c1-16(2)34-28-14-23(32-34)24(35)30-22-7-5-4-6-17-12-18(8-9-20(17)22)21-10-11-26-25(31-21)29-19-13-27-33(3)15-19/h8-16,22H,4-7H2,1-3H3,(H,30,35)(H,26,29,31)/t22-/m1/s1. The summed E-state index contributed by atoms with van der Waals surface area (Å²) in [6.07, 6.45) is 10.9. The molecule has 0 unspecified atom stereocenters. The summed E-state index contributed by atoms with van der Waals surface area (Å²) in [6, 6.07) is 8.31. The average molecular weight is 472 g/mol. The smallest absolute Gasteiger partial charge is 0.273 e. The summed E-state index contributed by atoms with van der Waals surface area (Å²) < 4.78 is 1.72. The van der Waals surface area contributed by atoms with Crippen molar-refractivity contribution < 1.29 is 4.79 Å². The van der Waals surface area contributed by atoms with E-state index in [1.165, 1.54) is 11.8 Å². The molecule has 2 N–H and O–H groups in total. The molecule has 3 heterocycles. The van der Waals surface area contributed by atoms with Gasteiger partial charge in [-0.3, -0.25) is 9.48 Å². The number of carbonyl (C=O) groups excluding carboxylic acids is 1. The van der Waals surface area contributed by atoms with Crippen LogP contribution in [0.5, 0.6) is 0 Å². The van der Waals surface area contributed by atoms with E-state index in [4.69, 9.17) is 4.98 Å². The van der Waals surface area contributed by atoms with E-state index in [1.807, 2.05) is 33.2 Å². The molecule has 1 aliphatic rings. The van der Waals surface area contributed by atoms with Crippen LogP contribution in [-0.2, 0) is 13.5 Å². The van der Waals surface area contributed by atoms with Gasteiger partial charge in [-0.1, -0.05) is 18.6 Å². The Hall–Kier alpha value is -4.08. The molecule has 1 aliphatic carbocycles. The second-order valence-corrected chi connectivity index (χ2v) is 9.12. The van der Waals surface area contributed by atoms with Crippen LogP contribution in [0.2, 0.25) is 0 Å². The predicted octanol–water partition coefficient (Wildman–Crippen LogP) is 3.99. The minimum absolute atomic E-state index is 0.0635. The van der Waals surface area contributed by atoms with E-state index in [9.17, 15) is 4.79 Å². The highest BCUT2D eigenvalue weighted by Crippen LogP contribution is 2.32. The van der Waals surface area contributed by atoms with Gasteiger partial charge in [-0.25, -0.2) is 9.97 Å². The number of rotatable bonds is 6. The van der Waals surface area contributed by atoms with Crippen molar-refractivity contribution in [2.45, 2.75) is 51.6 Å². The molecular formula is C25H29N9O. The molecule has 0 saturated carbocycles. The fourth-order valence-corrected chi connectivity index (χ4v) is 4.35. The summed E-state index contributed by atoms with van der Waals surface area (Å²) in [7, 11) is 1.86. The Balaban J connectivity index is 1.37. The fraction of sp³-hybridized carbons (Fsp3) is 0.360. The molecule has 3 aromatic heterocycles. The third-order valence-electron chi connectivity index (χ3n) is 6.13. The molecule has 1 amide bonds. The molecular weight excluding hydrogens is 442 g/mol. The molecule has 180 valence electrons. The van der Waals surface area contributed by atoms with Gasteiger partial charge in [-0.2, -0.15) is 15.0 Å². The topological polar surface area (TPSA) is 115 Å². The van der Waals surface area contributed by atoms with Gasteiger partial charge < -0.3 is 10.6 Å². The number of aryl methyl sites for hydroxylation is 2. The Bertz CT molecular complexity index is 1340. The Morgan fingerprint density at radius 3 is 2.80 bits per heavy atom. The van der Waals surface area contributed by atoms with Crippen LogP contribution in [0.3, 0.4) is 0 Å². The van der Waals surface area contributed by atoms with E-state index in [2.05, 4.69) is 49.1 Å². The van der Waals surface area contributed by atoms with E-state index in [1.54, 1.807) is 21.9 Å². The lowest BCUT2D eigenvalue weighted by atomic mass is 9.95. The molecule has 0 saturated heterocycles. The van der Waals surface area contributed by atoms with E-state index in [0.29, 0.717) is 11.6 Å². The first kappa shape index (κ1) is 22.7. The normalized spacial score (nSPS) is 15.5. The van der Waals surface area contributed by atoms with E-state index < -0.39 is 0 Å². The maximum Gasteiger partial charge on any atom is 0.273 e. The molecule has 0 aliphatic heterocycles. The van der Waals surface area contributed by atoms with Gasteiger partial charge in [0.1, 0.15) is 0 Å². The third-order valence-corrected chi connectivity index (χ3v) is 6.13. The molecule has 10 nitrogen and oxygen atoms in total. The van der Waals surface area contributed by atoms with Gasteiger partial charge in [0.15, 0.2) is 5.69 Å². The first-order valence-electron chi connectivity index (χ1n) is 11.9. The van der Waals surface area contributed by atoms with Crippen LogP contribution in [0.25, 0.3) is 11.3 Å². The number of aromatic nitrogens is 7. The van der Waals surface area contributed by atoms with E-state index in [0.717, 1.165) is 48.2 Å². The number of hydrogen-bond acceptors (Lipinski definition) is 7. The second-order valence-electron chi connectivity index (χ2n) is 9.12. The molecule has 35 heavy (non-hydrogen) atoms. The van der Waals surface area contributed by atoms with Crippen LogP contribution in [0.4, 0.5) is 11.6 Å². The van der Waals surface area contributed by atoms with Gasteiger partial charge in [-0.15, -0.1) is 5.10 Å². The Morgan fingerprint density at radius 1 is 1.14 bits per heavy atom. The number of nitrogens with zero attached hydrogens (tertiary/aromatic N) is 7. The highest BCUT2D eigenvalue weighted by molar-refractivity contribution is 5.92. The first-order valence-corrected chi connectivity index (χ1v) is 11.9. The number of fused-ring (bicyclic) bond motifs is 1. The van der Waals surface area contributed by atoms with Gasteiger partial charge in [0.25, 0.3) is 5.91 Å². The van der Waals surface area contributed by atoms with Crippen molar-refractivity contribution in [2.75, 3.05) is 5.32 Å². The lowest BCUT2D eigenvalue weighted by molar-refractivity contribution is 0.0928. The molecule has 10 heteroatoms. The summed E-state index contributed by atoms with van der Waals surface area (Å²) in [5, 5.41) is 19.1. The molecule has 0 radical (unpaired) electrons. The largest absolute Gasteiger partial charge is 0.344 e. The van der Waals surface area contributed by atoms with Crippen LogP contribution in [0.1, 0.15) is 66.8 Å². The molecule has 1 atom stereocenters. The number of benzene rings is 1. The van der Waals surface area contributed by atoms with Crippen LogP contribution in [0.15, 0.2) is 49.1 Å². The van der Waals surface area contributed by atoms with Gasteiger partial charge in [-0.05, 0) is 56.4 Å². The maximum absolute atomic E-state index is 12.9. The quantitative estimate of drug-likeness (QED) is 0.409. The summed E-state index contributed by atoms with van der Waals surface area (Å²) in [5.74, 6) is 0.325. The van der Waals surface area contributed by atoms with Crippen LogP contribution < -0.4 is 10.6 Å². The first-order chi connectivity index (χ1) is 17.0.